The van der Waals surface area contributed by atoms with E-state index >= 15 is 0 Å². The molecular weight excluding hydrogens is 224 g/mol. The zero-order valence-corrected chi connectivity index (χ0v) is 10.8. The van der Waals surface area contributed by atoms with Crippen molar-refractivity contribution in [1.82, 2.24) is 5.32 Å². The molecule has 3 unspecified atom stereocenters. The van der Waals surface area contributed by atoms with Crippen LogP contribution in [0.15, 0.2) is 0 Å². The Hall–Kier alpha value is -0.690. The molecule has 0 bridgehead atoms. The lowest BCUT2D eigenvalue weighted by atomic mass is 10.2. The van der Waals surface area contributed by atoms with Gasteiger partial charge in [0, 0.05) is 26.1 Å². The third-order valence-electron chi connectivity index (χ3n) is 2.18. The van der Waals surface area contributed by atoms with Crippen molar-refractivity contribution in [2.24, 2.45) is 5.73 Å². The topological polar surface area (TPSA) is 93.8 Å². The van der Waals surface area contributed by atoms with Gasteiger partial charge < -0.3 is 25.6 Å². The minimum atomic E-state index is -0.607. The largest absolute Gasteiger partial charge is 0.389 e. The Balaban J connectivity index is 3.58. The molecule has 3 atom stereocenters. The van der Waals surface area contributed by atoms with Crippen LogP contribution in [0, 0.1) is 0 Å². The Morgan fingerprint density at radius 1 is 1.41 bits per heavy atom. The second-order valence-electron chi connectivity index (χ2n) is 4.23. The lowest BCUT2D eigenvalue weighted by Gasteiger charge is -2.18. The lowest BCUT2D eigenvalue weighted by Crippen LogP contribution is -2.38. The van der Waals surface area contributed by atoms with E-state index in [1.807, 2.05) is 13.8 Å². The van der Waals surface area contributed by atoms with E-state index in [1.165, 1.54) is 0 Å². The predicted octanol–water partition coefficient (Wildman–Crippen LogP) is -0.748. The van der Waals surface area contributed by atoms with Crippen LogP contribution in [-0.2, 0) is 14.3 Å². The molecule has 0 heterocycles. The van der Waals surface area contributed by atoms with Gasteiger partial charge >= 0.3 is 0 Å². The van der Waals surface area contributed by atoms with Crippen molar-refractivity contribution in [1.29, 1.82) is 0 Å². The molecule has 0 rings (SSSR count). The van der Waals surface area contributed by atoms with E-state index in [-0.39, 0.29) is 31.1 Å². The van der Waals surface area contributed by atoms with Crippen molar-refractivity contribution < 1.29 is 19.4 Å². The number of methoxy groups -OCH3 is 1. The number of aliphatic hydroxyl groups excluding tert-OH is 1. The average Bonchev–Trinajstić information content (AvgIpc) is 2.23. The van der Waals surface area contributed by atoms with Gasteiger partial charge in [0.15, 0.2) is 0 Å². The van der Waals surface area contributed by atoms with Crippen LogP contribution in [0.2, 0.25) is 0 Å². The molecule has 6 heteroatoms. The number of carbonyl (C=O) groups excluding carboxylic acids is 1. The number of nitrogens with two attached hydrogens (primary N) is 1. The van der Waals surface area contributed by atoms with Crippen LogP contribution in [-0.4, -0.2) is 56.1 Å². The number of hydrogen-bond donors (Lipinski definition) is 3. The van der Waals surface area contributed by atoms with Gasteiger partial charge in [0.1, 0.15) is 0 Å². The highest BCUT2D eigenvalue weighted by atomic mass is 16.5. The molecule has 0 aromatic rings. The van der Waals surface area contributed by atoms with Gasteiger partial charge in [0.05, 0.1) is 25.4 Å². The Bertz CT molecular complexity index is 214. The Morgan fingerprint density at radius 3 is 2.59 bits per heavy atom. The molecule has 0 aliphatic rings. The molecule has 0 fully saturated rings. The zero-order valence-electron chi connectivity index (χ0n) is 10.8. The molecule has 1 amide bonds. The minimum Gasteiger partial charge on any atom is -0.389 e. The first-order valence-electron chi connectivity index (χ1n) is 5.76. The summed E-state index contributed by atoms with van der Waals surface area (Å²) in [5.41, 5.74) is 5.05. The van der Waals surface area contributed by atoms with Gasteiger partial charge in [-0.1, -0.05) is 0 Å². The summed E-state index contributed by atoms with van der Waals surface area (Å²) in [6.07, 6.45) is -0.393. The monoisotopic (exact) mass is 248 g/mol. The van der Waals surface area contributed by atoms with Gasteiger partial charge in [0.2, 0.25) is 5.91 Å². The van der Waals surface area contributed by atoms with Crippen molar-refractivity contribution in [3.05, 3.63) is 0 Å². The van der Waals surface area contributed by atoms with Crippen LogP contribution in [0.25, 0.3) is 0 Å². The number of hydrogen-bond acceptors (Lipinski definition) is 5. The number of carbonyl (C=O) groups is 1. The quantitative estimate of drug-likeness (QED) is 0.473. The van der Waals surface area contributed by atoms with E-state index < -0.39 is 6.10 Å². The van der Waals surface area contributed by atoms with Crippen LogP contribution in [0.3, 0.4) is 0 Å². The van der Waals surface area contributed by atoms with Gasteiger partial charge in [-0.25, -0.2) is 0 Å². The molecule has 0 radical (unpaired) electrons. The molecule has 0 saturated carbocycles. The molecule has 4 N–H and O–H groups in total. The number of rotatable bonds is 10. The van der Waals surface area contributed by atoms with Crippen LogP contribution >= 0.6 is 0 Å². The van der Waals surface area contributed by atoms with Gasteiger partial charge in [-0.15, -0.1) is 0 Å². The highest BCUT2D eigenvalue weighted by Crippen LogP contribution is 1.95. The first-order valence-corrected chi connectivity index (χ1v) is 5.76. The summed E-state index contributed by atoms with van der Waals surface area (Å²) in [5.74, 6) is -0.357. The lowest BCUT2D eigenvalue weighted by molar-refractivity contribution is -0.118. The standard InChI is InChI=1S/C11H24N2O4/c1-8(4-11(12)15)13-5-10(14)7-17-9(2)6-16-3/h8-10,13-14H,4-7H2,1-3H3,(H2,12,15). The molecule has 0 aliphatic carbocycles. The molecular formula is C11H24N2O4. The molecule has 0 aromatic heterocycles. The van der Waals surface area contributed by atoms with Gasteiger partial charge in [-0.2, -0.15) is 0 Å². The number of nitrogens with one attached hydrogen (secondary N) is 1. The fourth-order valence-electron chi connectivity index (χ4n) is 1.33. The van der Waals surface area contributed by atoms with Crippen LogP contribution < -0.4 is 11.1 Å². The van der Waals surface area contributed by atoms with E-state index in [9.17, 15) is 9.90 Å². The maximum absolute atomic E-state index is 10.6. The summed E-state index contributed by atoms with van der Waals surface area (Å²) in [6, 6.07) is -0.0430. The smallest absolute Gasteiger partial charge is 0.218 e. The zero-order chi connectivity index (χ0) is 13.3. The molecule has 102 valence electrons. The number of primary amides is 1. The molecule has 0 aromatic carbocycles. The van der Waals surface area contributed by atoms with Crippen molar-refractivity contribution in [3.63, 3.8) is 0 Å². The first-order chi connectivity index (χ1) is 7.95. The highest BCUT2D eigenvalue weighted by molar-refractivity contribution is 5.74. The molecule has 0 saturated heterocycles. The summed E-state index contributed by atoms with van der Waals surface area (Å²) in [5, 5.41) is 12.6. The highest BCUT2D eigenvalue weighted by Gasteiger charge is 2.10. The van der Waals surface area contributed by atoms with Crippen molar-refractivity contribution in [2.45, 2.75) is 38.5 Å². The van der Waals surface area contributed by atoms with E-state index in [2.05, 4.69) is 5.32 Å². The normalized spacial score (nSPS) is 16.5. The molecule has 17 heavy (non-hydrogen) atoms. The second kappa shape index (κ2) is 9.35. The van der Waals surface area contributed by atoms with Gasteiger partial charge in [-0.05, 0) is 13.8 Å². The summed E-state index contributed by atoms with van der Waals surface area (Å²) in [7, 11) is 1.60. The van der Waals surface area contributed by atoms with E-state index in [0.29, 0.717) is 13.2 Å². The Labute approximate surface area is 102 Å². The maximum atomic E-state index is 10.6. The summed E-state index contributed by atoms with van der Waals surface area (Å²) < 4.78 is 10.3. The molecule has 0 aliphatic heterocycles. The third kappa shape index (κ3) is 10.2. The average molecular weight is 248 g/mol. The number of aliphatic hydroxyl groups is 1. The summed E-state index contributed by atoms with van der Waals surface area (Å²) in [6.45, 7) is 4.82. The van der Waals surface area contributed by atoms with E-state index in [4.69, 9.17) is 15.2 Å². The molecule has 6 nitrogen and oxygen atoms in total. The Morgan fingerprint density at radius 2 is 2.06 bits per heavy atom. The first kappa shape index (κ1) is 16.3. The maximum Gasteiger partial charge on any atom is 0.218 e. The summed E-state index contributed by atoms with van der Waals surface area (Å²) >= 11 is 0. The van der Waals surface area contributed by atoms with E-state index in [0.717, 1.165) is 0 Å². The Kier molecular flexibility index (Phi) is 8.97. The van der Waals surface area contributed by atoms with Crippen molar-refractivity contribution in [3.8, 4) is 0 Å². The minimum absolute atomic E-state index is 0.0430. The van der Waals surface area contributed by atoms with Gasteiger partial charge in [-0.3, -0.25) is 4.79 Å². The second-order valence-corrected chi connectivity index (χ2v) is 4.23. The molecule has 0 spiro atoms. The fourth-order valence-corrected chi connectivity index (χ4v) is 1.33. The van der Waals surface area contributed by atoms with Crippen LogP contribution in [0.1, 0.15) is 20.3 Å². The van der Waals surface area contributed by atoms with Crippen molar-refractivity contribution in [2.75, 3.05) is 26.9 Å². The van der Waals surface area contributed by atoms with Gasteiger partial charge in [0.25, 0.3) is 0 Å². The summed E-state index contributed by atoms with van der Waals surface area (Å²) in [4.78, 5) is 10.6. The number of amides is 1. The van der Waals surface area contributed by atoms with Crippen molar-refractivity contribution >= 4 is 5.91 Å². The SMILES string of the molecule is COCC(C)OCC(O)CNC(C)CC(N)=O. The third-order valence-corrected chi connectivity index (χ3v) is 2.18. The van der Waals surface area contributed by atoms with E-state index in [1.54, 1.807) is 7.11 Å². The number of ether oxygens (including phenoxy) is 2. The fraction of sp³-hybridized carbons (Fsp3) is 0.909. The van der Waals surface area contributed by atoms with Crippen LogP contribution in [0.5, 0.6) is 0 Å². The predicted molar refractivity (Wildman–Crippen MR) is 64.6 cm³/mol. The van der Waals surface area contributed by atoms with Crippen LogP contribution in [0.4, 0.5) is 0 Å².